The van der Waals surface area contributed by atoms with Gasteiger partial charge in [-0.15, -0.1) is 0 Å². The van der Waals surface area contributed by atoms with E-state index in [9.17, 15) is 4.79 Å². The highest BCUT2D eigenvalue weighted by atomic mass is 16.2. The van der Waals surface area contributed by atoms with E-state index in [1.54, 1.807) is 11.1 Å². The molecule has 0 unspecified atom stereocenters. The Morgan fingerprint density at radius 2 is 2.12 bits per heavy atom. The topological polar surface area (TPSA) is 56.1 Å². The third kappa shape index (κ3) is 3.58. The second-order valence-corrected chi connectivity index (χ2v) is 3.98. The summed E-state index contributed by atoms with van der Waals surface area (Å²) in [6.07, 6.45) is 5.80. The summed E-state index contributed by atoms with van der Waals surface area (Å²) in [6, 6.07) is 1.97. The molecule has 4 nitrogen and oxygen atoms in total. The quantitative estimate of drug-likeness (QED) is 0.443. The lowest BCUT2D eigenvalue weighted by Crippen LogP contribution is -2.36. The van der Waals surface area contributed by atoms with Gasteiger partial charge in [0.25, 0.3) is 5.91 Å². The second kappa shape index (κ2) is 6.89. The van der Waals surface area contributed by atoms with Crippen molar-refractivity contribution >= 4 is 5.91 Å². The number of hydrogen-bond acceptors (Lipinski definition) is 3. The molecule has 0 aliphatic carbocycles. The summed E-state index contributed by atoms with van der Waals surface area (Å²) in [7, 11) is 0. The van der Waals surface area contributed by atoms with Gasteiger partial charge in [-0.05, 0) is 25.7 Å². The van der Waals surface area contributed by atoms with E-state index < -0.39 is 0 Å². The molecule has 0 saturated carbocycles. The van der Waals surface area contributed by atoms with Crippen LogP contribution in [0.4, 0.5) is 0 Å². The lowest BCUT2D eigenvalue weighted by Gasteiger charge is -2.26. The van der Waals surface area contributed by atoms with E-state index in [4.69, 9.17) is 5.26 Å². The molecule has 0 aromatic rings. The predicted octanol–water partition coefficient (Wildman–Crippen LogP) is 1.41. The van der Waals surface area contributed by atoms with E-state index >= 15 is 0 Å². The molecule has 0 spiro atoms. The van der Waals surface area contributed by atoms with E-state index in [1.165, 1.54) is 6.42 Å². The number of piperidine rings is 1. The van der Waals surface area contributed by atoms with E-state index in [-0.39, 0.29) is 11.5 Å². The van der Waals surface area contributed by atoms with Gasteiger partial charge in [0.05, 0.1) is 0 Å². The van der Waals surface area contributed by atoms with Crippen LogP contribution in [0.1, 0.15) is 32.6 Å². The molecule has 1 saturated heterocycles. The van der Waals surface area contributed by atoms with Crippen LogP contribution in [0.5, 0.6) is 0 Å². The van der Waals surface area contributed by atoms with Gasteiger partial charge in [0.1, 0.15) is 11.6 Å². The van der Waals surface area contributed by atoms with Gasteiger partial charge in [0.15, 0.2) is 0 Å². The first kappa shape index (κ1) is 12.6. The van der Waals surface area contributed by atoms with E-state index in [0.717, 1.165) is 38.9 Å². The van der Waals surface area contributed by atoms with Crippen molar-refractivity contribution in [3.63, 3.8) is 0 Å². The summed E-state index contributed by atoms with van der Waals surface area (Å²) in [5.74, 6) is -0.134. The Balaban J connectivity index is 2.54. The van der Waals surface area contributed by atoms with Crippen LogP contribution in [0.2, 0.25) is 0 Å². The van der Waals surface area contributed by atoms with Crippen LogP contribution < -0.4 is 5.32 Å². The maximum atomic E-state index is 11.9. The number of carbonyl (C=O) groups excluding carboxylic acids is 1. The first-order valence-electron chi connectivity index (χ1n) is 5.92. The molecule has 1 N–H and O–H groups in total. The fourth-order valence-corrected chi connectivity index (χ4v) is 1.73. The van der Waals surface area contributed by atoms with Crippen LogP contribution in [0.15, 0.2) is 11.8 Å². The van der Waals surface area contributed by atoms with E-state index in [0.29, 0.717) is 0 Å². The standard InChI is InChI=1S/C12H19N3O/c1-2-6-14-10-11(9-13)12(16)15-7-4-3-5-8-15/h10,14H,2-8H2,1H3/b11-10-. The number of hydrogen-bond donors (Lipinski definition) is 1. The molecule has 1 fully saturated rings. The molecular formula is C12H19N3O. The van der Waals surface area contributed by atoms with Crippen molar-refractivity contribution in [2.24, 2.45) is 0 Å². The summed E-state index contributed by atoms with van der Waals surface area (Å²) >= 11 is 0. The SMILES string of the molecule is CCCN/C=C(/C#N)C(=O)N1CCCCC1. The maximum Gasteiger partial charge on any atom is 0.265 e. The summed E-state index contributed by atoms with van der Waals surface area (Å²) < 4.78 is 0. The van der Waals surface area contributed by atoms with Gasteiger partial charge in [-0.2, -0.15) is 5.26 Å². The number of rotatable bonds is 4. The Labute approximate surface area is 96.9 Å². The molecule has 16 heavy (non-hydrogen) atoms. The van der Waals surface area contributed by atoms with Gasteiger partial charge in [-0.3, -0.25) is 4.79 Å². The average molecular weight is 221 g/mol. The highest BCUT2D eigenvalue weighted by Gasteiger charge is 2.19. The van der Waals surface area contributed by atoms with Crippen LogP contribution in [0, 0.1) is 11.3 Å². The Bertz CT molecular complexity index is 298. The van der Waals surface area contributed by atoms with Crippen molar-refractivity contribution in [1.29, 1.82) is 5.26 Å². The maximum absolute atomic E-state index is 11.9. The van der Waals surface area contributed by atoms with Gasteiger partial charge in [0.2, 0.25) is 0 Å². The molecule has 1 aliphatic heterocycles. The number of amides is 1. The highest BCUT2D eigenvalue weighted by Crippen LogP contribution is 2.11. The molecule has 1 amide bonds. The molecular weight excluding hydrogens is 202 g/mol. The van der Waals surface area contributed by atoms with E-state index in [2.05, 4.69) is 5.32 Å². The highest BCUT2D eigenvalue weighted by molar-refractivity contribution is 5.97. The number of likely N-dealkylation sites (tertiary alicyclic amines) is 1. The molecule has 1 heterocycles. The molecule has 0 bridgehead atoms. The molecule has 4 heteroatoms. The van der Waals surface area contributed by atoms with Crippen LogP contribution in [-0.2, 0) is 4.79 Å². The first-order chi connectivity index (χ1) is 7.79. The number of nitrogens with one attached hydrogen (secondary N) is 1. The minimum absolute atomic E-state index is 0.134. The molecule has 0 aromatic heterocycles. The number of carbonyl (C=O) groups is 1. The van der Waals surface area contributed by atoms with Crippen molar-refractivity contribution in [2.45, 2.75) is 32.6 Å². The fourth-order valence-electron chi connectivity index (χ4n) is 1.73. The Morgan fingerprint density at radius 3 is 2.69 bits per heavy atom. The largest absolute Gasteiger partial charge is 0.390 e. The van der Waals surface area contributed by atoms with Crippen molar-refractivity contribution in [2.75, 3.05) is 19.6 Å². The normalized spacial score (nSPS) is 16.8. The lowest BCUT2D eigenvalue weighted by molar-refractivity contribution is -0.127. The Hall–Kier alpha value is -1.50. The van der Waals surface area contributed by atoms with Crippen molar-refractivity contribution in [3.8, 4) is 6.07 Å². The van der Waals surface area contributed by atoms with Gasteiger partial charge in [-0.25, -0.2) is 0 Å². The third-order valence-corrected chi connectivity index (χ3v) is 2.63. The minimum atomic E-state index is -0.134. The van der Waals surface area contributed by atoms with E-state index in [1.807, 2.05) is 13.0 Å². The molecule has 88 valence electrons. The second-order valence-electron chi connectivity index (χ2n) is 3.98. The van der Waals surface area contributed by atoms with Crippen LogP contribution in [0.25, 0.3) is 0 Å². The van der Waals surface area contributed by atoms with Gasteiger partial charge in [0, 0.05) is 25.8 Å². The summed E-state index contributed by atoms with van der Waals surface area (Å²) in [5, 5.41) is 11.9. The van der Waals surface area contributed by atoms with Gasteiger partial charge in [-0.1, -0.05) is 6.92 Å². The zero-order valence-corrected chi connectivity index (χ0v) is 9.83. The molecule has 1 rings (SSSR count). The van der Waals surface area contributed by atoms with Crippen molar-refractivity contribution in [3.05, 3.63) is 11.8 Å². The first-order valence-corrected chi connectivity index (χ1v) is 5.92. The minimum Gasteiger partial charge on any atom is -0.390 e. The summed E-state index contributed by atoms with van der Waals surface area (Å²) in [5.41, 5.74) is 0.218. The third-order valence-electron chi connectivity index (χ3n) is 2.63. The number of nitriles is 1. The van der Waals surface area contributed by atoms with Gasteiger partial charge < -0.3 is 10.2 Å². The van der Waals surface area contributed by atoms with Crippen molar-refractivity contribution in [1.82, 2.24) is 10.2 Å². The fraction of sp³-hybridized carbons (Fsp3) is 0.667. The summed E-state index contributed by atoms with van der Waals surface area (Å²) in [4.78, 5) is 13.7. The number of nitrogens with zero attached hydrogens (tertiary/aromatic N) is 2. The van der Waals surface area contributed by atoms with Gasteiger partial charge >= 0.3 is 0 Å². The molecule has 0 atom stereocenters. The summed E-state index contributed by atoms with van der Waals surface area (Å²) in [6.45, 7) is 4.40. The smallest absolute Gasteiger partial charge is 0.265 e. The monoisotopic (exact) mass is 221 g/mol. The molecule has 0 aromatic carbocycles. The van der Waals surface area contributed by atoms with Crippen LogP contribution >= 0.6 is 0 Å². The van der Waals surface area contributed by atoms with Crippen LogP contribution in [0.3, 0.4) is 0 Å². The average Bonchev–Trinajstić information content (AvgIpc) is 2.35. The predicted molar refractivity (Wildman–Crippen MR) is 62.4 cm³/mol. The molecule has 1 aliphatic rings. The zero-order valence-electron chi connectivity index (χ0n) is 9.83. The molecule has 0 radical (unpaired) electrons. The lowest BCUT2D eigenvalue weighted by atomic mass is 10.1. The van der Waals surface area contributed by atoms with Crippen molar-refractivity contribution < 1.29 is 4.79 Å². The Kier molecular flexibility index (Phi) is 5.41. The zero-order chi connectivity index (χ0) is 11.8. The Morgan fingerprint density at radius 1 is 1.44 bits per heavy atom. The van der Waals surface area contributed by atoms with Crippen LogP contribution in [-0.4, -0.2) is 30.4 Å².